The predicted molar refractivity (Wildman–Crippen MR) is 68.1 cm³/mol. The number of rotatable bonds is 4. The van der Waals surface area contributed by atoms with Crippen LogP contribution in [0.25, 0.3) is 0 Å². The Morgan fingerprint density at radius 2 is 2.41 bits per heavy atom. The highest BCUT2D eigenvalue weighted by molar-refractivity contribution is 5.14. The molecule has 1 aromatic heterocycles. The summed E-state index contributed by atoms with van der Waals surface area (Å²) in [5, 5.41) is 16.3. The number of aromatic nitrogens is 2. The van der Waals surface area contributed by atoms with E-state index in [-0.39, 0.29) is 6.61 Å². The van der Waals surface area contributed by atoms with E-state index in [0.717, 1.165) is 12.2 Å². The number of likely N-dealkylation sites (tertiary alicyclic amines) is 1. The molecule has 96 valence electrons. The van der Waals surface area contributed by atoms with Crippen molar-refractivity contribution in [3.05, 3.63) is 17.5 Å². The van der Waals surface area contributed by atoms with E-state index >= 15 is 0 Å². The van der Waals surface area contributed by atoms with Gasteiger partial charge in [-0.1, -0.05) is 0 Å². The van der Waals surface area contributed by atoms with Gasteiger partial charge in [0.15, 0.2) is 0 Å². The Bertz CT molecular complexity index is 348. The van der Waals surface area contributed by atoms with Gasteiger partial charge in [-0.25, -0.2) is 0 Å². The first kappa shape index (κ1) is 12.6. The van der Waals surface area contributed by atoms with Crippen LogP contribution in [0, 0.1) is 0 Å². The summed E-state index contributed by atoms with van der Waals surface area (Å²) in [5.41, 5.74) is 2.21. The summed E-state index contributed by atoms with van der Waals surface area (Å²) in [6.45, 7) is 7.02. The Hall–Kier alpha value is -0.870. The number of nitrogens with zero attached hydrogens (tertiary/aromatic N) is 2. The molecule has 1 aliphatic rings. The fourth-order valence-electron chi connectivity index (χ4n) is 2.55. The Morgan fingerprint density at radius 3 is 3.12 bits per heavy atom. The maximum atomic E-state index is 8.90. The van der Waals surface area contributed by atoms with Gasteiger partial charge in [-0.15, -0.1) is 0 Å². The van der Waals surface area contributed by atoms with Gasteiger partial charge in [0.25, 0.3) is 0 Å². The van der Waals surface area contributed by atoms with Crippen molar-refractivity contribution in [1.29, 1.82) is 0 Å². The van der Waals surface area contributed by atoms with Gasteiger partial charge in [0, 0.05) is 37.2 Å². The van der Waals surface area contributed by atoms with Crippen LogP contribution in [0.1, 0.15) is 44.0 Å². The maximum absolute atomic E-state index is 8.90. The largest absolute Gasteiger partial charge is 0.396 e. The quantitative estimate of drug-likeness (QED) is 0.835. The van der Waals surface area contributed by atoms with Crippen molar-refractivity contribution in [2.24, 2.45) is 0 Å². The van der Waals surface area contributed by atoms with Gasteiger partial charge in [-0.3, -0.25) is 5.10 Å². The lowest BCUT2D eigenvalue weighted by atomic mass is 9.94. The van der Waals surface area contributed by atoms with E-state index in [1.54, 1.807) is 0 Å². The second-order valence-corrected chi connectivity index (χ2v) is 5.22. The minimum atomic E-state index is 0.185. The first-order valence-electron chi connectivity index (χ1n) is 6.59. The summed E-state index contributed by atoms with van der Waals surface area (Å²) < 4.78 is 0. The molecule has 0 spiro atoms. The molecule has 2 N–H and O–H groups in total. The van der Waals surface area contributed by atoms with Gasteiger partial charge in [0.1, 0.15) is 0 Å². The summed E-state index contributed by atoms with van der Waals surface area (Å²) in [5.74, 6) is 0.551. The SMILES string of the molecule is CC(C)N1CCC[C@H](c2cc(CCO)[nH]n2)C1. The first-order chi connectivity index (χ1) is 8.20. The summed E-state index contributed by atoms with van der Waals surface area (Å²) in [7, 11) is 0. The predicted octanol–water partition coefficient (Wildman–Crippen LogP) is 1.53. The zero-order chi connectivity index (χ0) is 12.3. The average Bonchev–Trinajstić information content (AvgIpc) is 2.78. The molecule has 2 rings (SSSR count). The molecule has 17 heavy (non-hydrogen) atoms. The number of hydrogen-bond donors (Lipinski definition) is 2. The van der Waals surface area contributed by atoms with Gasteiger partial charge in [-0.2, -0.15) is 5.10 Å². The van der Waals surface area contributed by atoms with Crippen LogP contribution in [0.15, 0.2) is 6.07 Å². The highest BCUT2D eigenvalue weighted by Crippen LogP contribution is 2.26. The molecule has 2 heterocycles. The number of H-pyrrole nitrogens is 1. The van der Waals surface area contributed by atoms with Crippen LogP contribution in [-0.2, 0) is 6.42 Å². The Labute approximate surface area is 103 Å². The van der Waals surface area contributed by atoms with Gasteiger partial charge < -0.3 is 10.0 Å². The Kier molecular flexibility index (Phi) is 4.18. The molecule has 1 aliphatic heterocycles. The van der Waals surface area contributed by atoms with Gasteiger partial charge in [0.05, 0.1) is 5.69 Å². The smallest absolute Gasteiger partial charge is 0.0668 e. The molecular formula is C13H23N3O. The van der Waals surface area contributed by atoms with Crippen LogP contribution in [0.5, 0.6) is 0 Å². The van der Waals surface area contributed by atoms with Crippen molar-refractivity contribution in [2.75, 3.05) is 19.7 Å². The second kappa shape index (κ2) is 5.65. The van der Waals surface area contributed by atoms with E-state index in [9.17, 15) is 0 Å². The number of aliphatic hydroxyl groups is 1. The van der Waals surface area contributed by atoms with Crippen molar-refractivity contribution in [1.82, 2.24) is 15.1 Å². The third kappa shape index (κ3) is 3.07. The van der Waals surface area contributed by atoms with Crippen molar-refractivity contribution >= 4 is 0 Å². The molecule has 0 radical (unpaired) electrons. The molecule has 1 saturated heterocycles. The number of aliphatic hydroxyl groups excluding tert-OH is 1. The topological polar surface area (TPSA) is 52.1 Å². The zero-order valence-electron chi connectivity index (χ0n) is 10.8. The summed E-state index contributed by atoms with van der Waals surface area (Å²) in [6.07, 6.45) is 3.16. The average molecular weight is 237 g/mol. The van der Waals surface area contributed by atoms with Crippen molar-refractivity contribution < 1.29 is 5.11 Å². The normalized spacial score (nSPS) is 22.2. The monoisotopic (exact) mass is 237 g/mol. The third-order valence-electron chi connectivity index (χ3n) is 3.63. The lowest BCUT2D eigenvalue weighted by molar-refractivity contribution is 0.166. The maximum Gasteiger partial charge on any atom is 0.0668 e. The van der Waals surface area contributed by atoms with E-state index in [1.807, 2.05) is 0 Å². The summed E-state index contributed by atoms with van der Waals surface area (Å²) in [6, 6.07) is 2.73. The van der Waals surface area contributed by atoms with E-state index in [1.165, 1.54) is 25.1 Å². The minimum absolute atomic E-state index is 0.185. The standard InChI is InChI=1S/C13H23N3O/c1-10(2)16-6-3-4-11(9-16)13-8-12(5-7-17)14-15-13/h8,10-11,17H,3-7,9H2,1-2H3,(H,14,15)/t11-/m0/s1. The Balaban J connectivity index is 2.00. The molecule has 1 aromatic rings. The number of piperidine rings is 1. The lowest BCUT2D eigenvalue weighted by Crippen LogP contribution is -2.39. The molecule has 1 fully saturated rings. The van der Waals surface area contributed by atoms with E-state index < -0.39 is 0 Å². The van der Waals surface area contributed by atoms with E-state index in [0.29, 0.717) is 18.4 Å². The van der Waals surface area contributed by atoms with E-state index in [2.05, 4.69) is 35.0 Å². The van der Waals surface area contributed by atoms with Crippen LogP contribution < -0.4 is 0 Å². The van der Waals surface area contributed by atoms with Gasteiger partial charge >= 0.3 is 0 Å². The molecule has 0 amide bonds. The van der Waals surface area contributed by atoms with Crippen LogP contribution >= 0.6 is 0 Å². The zero-order valence-corrected chi connectivity index (χ0v) is 10.8. The molecule has 4 nitrogen and oxygen atoms in total. The molecule has 0 saturated carbocycles. The van der Waals surface area contributed by atoms with Crippen molar-refractivity contribution in [2.45, 2.75) is 45.1 Å². The van der Waals surface area contributed by atoms with Crippen molar-refractivity contribution in [3.63, 3.8) is 0 Å². The number of aromatic amines is 1. The Morgan fingerprint density at radius 1 is 1.59 bits per heavy atom. The third-order valence-corrected chi connectivity index (χ3v) is 3.63. The molecule has 0 unspecified atom stereocenters. The fourth-order valence-corrected chi connectivity index (χ4v) is 2.55. The highest BCUT2D eigenvalue weighted by atomic mass is 16.3. The molecule has 4 heteroatoms. The minimum Gasteiger partial charge on any atom is -0.396 e. The highest BCUT2D eigenvalue weighted by Gasteiger charge is 2.24. The first-order valence-corrected chi connectivity index (χ1v) is 6.59. The van der Waals surface area contributed by atoms with Crippen LogP contribution in [0.4, 0.5) is 0 Å². The molecule has 0 aromatic carbocycles. The van der Waals surface area contributed by atoms with Crippen LogP contribution in [0.2, 0.25) is 0 Å². The van der Waals surface area contributed by atoms with Crippen LogP contribution in [0.3, 0.4) is 0 Å². The molecule has 0 bridgehead atoms. The van der Waals surface area contributed by atoms with Gasteiger partial charge in [0.2, 0.25) is 0 Å². The lowest BCUT2D eigenvalue weighted by Gasteiger charge is -2.34. The molecule has 1 atom stereocenters. The van der Waals surface area contributed by atoms with Crippen LogP contribution in [-0.4, -0.2) is 45.9 Å². The number of nitrogens with one attached hydrogen (secondary N) is 1. The van der Waals surface area contributed by atoms with Crippen molar-refractivity contribution in [3.8, 4) is 0 Å². The second-order valence-electron chi connectivity index (χ2n) is 5.22. The van der Waals surface area contributed by atoms with E-state index in [4.69, 9.17) is 5.11 Å². The fraction of sp³-hybridized carbons (Fsp3) is 0.769. The number of hydrogen-bond acceptors (Lipinski definition) is 3. The summed E-state index contributed by atoms with van der Waals surface area (Å²) in [4.78, 5) is 2.52. The molecule has 0 aliphatic carbocycles. The van der Waals surface area contributed by atoms with Gasteiger partial charge in [-0.05, 0) is 39.3 Å². The summed E-state index contributed by atoms with van der Waals surface area (Å²) >= 11 is 0. The molecular weight excluding hydrogens is 214 g/mol.